The molecule has 2 fully saturated rings. The quantitative estimate of drug-likeness (QED) is 0.836. The number of likely N-dealkylation sites (tertiary alicyclic amines) is 1. The van der Waals surface area contributed by atoms with E-state index in [1.165, 1.54) is 4.31 Å². The maximum atomic E-state index is 13.5. The third kappa shape index (κ3) is 3.60. The average Bonchev–Trinajstić information content (AvgIpc) is 3.04. The molecule has 3 rings (SSSR count). The fourth-order valence-electron chi connectivity index (χ4n) is 4.01. The van der Waals surface area contributed by atoms with E-state index in [2.05, 4.69) is 4.90 Å². The average molecular weight is 387 g/mol. The first-order chi connectivity index (χ1) is 12.2. The van der Waals surface area contributed by atoms with Gasteiger partial charge >= 0.3 is 0 Å². The molecule has 2 atom stereocenters. The summed E-state index contributed by atoms with van der Waals surface area (Å²) >= 11 is 0. The Morgan fingerprint density at radius 3 is 2.38 bits per heavy atom. The maximum Gasteiger partial charge on any atom is 0.243 e. The van der Waals surface area contributed by atoms with Gasteiger partial charge in [-0.1, -0.05) is 0 Å². The highest BCUT2D eigenvalue weighted by Crippen LogP contribution is 2.37. The molecule has 26 heavy (non-hydrogen) atoms. The van der Waals surface area contributed by atoms with Crippen molar-refractivity contribution in [1.82, 2.24) is 9.21 Å². The van der Waals surface area contributed by atoms with Crippen molar-refractivity contribution in [3.63, 3.8) is 0 Å². The van der Waals surface area contributed by atoms with Crippen molar-refractivity contribution in [3.05, 3.63) is 29.8 Å². The topological polar surface area (TPSA) is 83.7 Å². The van der Waals surface area contributed by atoms with Gasteiger partial charge in [-0.3, -0.25) is 4.79 Å². The summed E-state index contributed by atoms with van der Waals surface area (Å²) in [6, 6.07) is 2.50. The molecule has 1 aromatic carbocycles. The number of primary amides is 1. The lowest BCUT2D eigenvalue weighted by Gasteiger charge is -2.34. The van der Waals surface area contributed by atoms with Gasteiger partial charge in [-0.15, -0.1) is 0 Å². The Labute approximate surface area is 152 Å². The van der Waals surface area contributed by atoms with E-state index in [4.69, 9.17) is 5.73 Å². The zero-order chi connectivity index (χ0) is 19.1. The Bertz CT molecular complexity index is 794. The van der Waals surface area contributed by atoms with Gasteiger partial charge in [-0.05, 0) is 63.0 Å². The predicted molar refractivity (Wildman–Crippen MR) is 91.5 cm³/mol. The van der Waals surface area contributed by atoms with Crippen LogP contribution in [0.25, 0.3) is 0 Å². The second-order valence-corrected chi connectivity index (χ2v) is 9.15. The van der Waals surface area contributed by atoms with Crippen LogP contribution in [-0.4, -0.2) is 56.8 Å². The minimum atomic E-state index is -4.02. The van der Waals surface area contributed by atoms with Gasteiger partial charge in [-0.25, -0.2) is 17.2 Å². The van der Waals surface area contributed by atoms with Gasteiger partial charge in [-0.2, -0.15) is 4.31 Å². The molecule has 0 saturated carbocycles. The summed E-state index contributed by atoms with van der Waals surface area (Å²) in [6.45, 7) is 1.93. The highest BCUT2D eigenvalue weighted by atomic mass is 32.2. The molecule has 144 valence electrons. The molecule has 9 heteroatoms. The van der Waals surface area contributed by atoms with Crippen LogP contribution in [0.15, 0.2) is 23.1 Å². The summed E-state index contributed by atoms with van der Waals surface area (Å²) in [5.74, 6) is -3.34. The van der Waals surface area contributed by atoms with E-state index >= 15 is 0 Å². The molecule has 0 aromatic heterocycles. The van der Waals surface area contributed by atoms with Gasteiger partial charge in [0.15, 0.2) is 11.6 Å². The molecular formula is C17H23F2N3O3S. The van der Waals surface area contributed by atoms with E-state index in [9.17, 15) is 22.0 Å². The Morgan fingerprint density at radius 1 is 1.15 bits per heavy atom. The first kappa shape index (κ1) is 19.2. The maximum absolute atomic E-state index is 13.5. The van der Waals surface area contributed by atoms with Crippen LogP contribution in [0.3, 0.4) is 0 Å². The van der Waals surface area contributed by atoms with E-state index in [0.29, 0.717) is 6.07 Å². The zero-order valence-electron chi connectivity index (χ0n) is 14.6. The first-order valence-electron chi connectivity index (χ1n) is 8.63. The number of sulfonamides is 1. The number of halogens is 2. The number of amides is 1. The number of rotatable bonds is 4. The molecule has 0 radical (unpaired) electrons. The second kappa shape index (κ2) is 7.21. The van der Waals surface area contributed by atoms with Crippen molar-refractivity contribution in [3.8, 4) is 0 Å². The molecule has 0 unspecified atom stereocenters. The Morgan fingerprint density at radius 2 is 1.81 bits per heavy atom. The Hall–Kier alpha value is -1.58. The van der Waals surface area contributed by atoms with Gasteiger partial charge < -0.3 is 10.6 Å². The van der Waals surface area contributed by atoms with E-state index in [-0.39, 0.29) is 29.8 Å². The van der Waals surface area contributed by atoms with Crippen molar-refractivity contribution >= 4 is 15.9 Å². The lowest BCUT2D eigenvalue weighted by atomic mass is 9.78. The van der Waals surface area contributed by atoms with E-state index in [1.807, 2.05) is 7.05 Å². The number of benzene rings is 1. The van der Waals surface area contributed by atoms with Crippen LogP contribution < -0.4 is 5.73 Å². The summed E-state index contributed by atoms with van der Waals surface area (Å²) in [5, 5.41) is 0. The van der Waals surface area contributed by atoms with E-state index in [1.54, 1.807) is 0 Å². The van der Waals surface area contributed by atoms with Crippen LogP contribution in [0.4, 0.5) is 8.78 Å². The summed E-state index contributed by atoms with van der Waals surface area (Å²) < 4.78 is 53.4. The largest absolute Gasteiger partial charge is 0.369 e. The number of nitrogens with zero attached hydrogens (tertiary/aromatic N) is 2. The molecule has 1 amide bonds. The zero-order valence-corrected chi connectivity index (χ0v) is 15.4. The molecule has 2 saturated heterocycles. The van der Waals surface area contributed by atoms with Crippen molar-refractivity contribution in [2.75, 3.05) is 33.2 Å². The van der Waals surface area contributed by atoms with Crippen LogP contribution in [0.5, 0.6) is 0 Å². The fraction of sp³-hybridized carbons (Fsp3) is 0.588. The first-order valence-corrected chi connectivity index (χ1v) is 10.1. The van der Waals surface area contributed by atoms with Crippen LogP contribution in [0.2, 0.25) is 0 Å². The van der Waals surface area contributed by atoms with Crippen LogP contribution in [0, 0.1) is 29.4 Å². The van der Waals surface area contributed by atoms with E-state index in [0.717, 1.165) is 38.1 Å². The monoisotopic (exact) mass is 387 g/mol. The standard InChI is InChI=1S/C17H23F2N3O3S/c1-21-6-4-11(5-7-21)13-9-22(10-14(13)17(20)23)26(24,25)12-2-3-15(18)16(19)8-12/h2-3,8,11,13-14H,4-7,9-10H2,1H3,(H2,20,23)/t13-,14+/m0/s1. The normalized spacial score (nSPS) is 26.3. The van der Waals surface area contributed by atoms with Gasteiger partial charge in [0, 0.05) is 13.1 Å². The minimum Gasteiger partial charge on any atom is -0.369 e. The minimum absolute atomic E-state index is 0.0202. The van der Waals surface area contributed by atoms with Crippen molar-refractivity contribution in [1.29, 1.82) is 0 Å². The van der Waals surface area contributed by atoms with E-state index < -0.39 is 33.5 Å². The lowest BCUT2D eigenvalue weighted by Crippen LogP contribution is -2.38. The van der Waals surface area contributed by atoms with Gasteiger partial charge in [0.1, 0.15) is 0 Å². The highest BCUT2D eigenvalue weighted by Gasteiger charge is 2.45. The third-order valence-corrected chi connectivity index (χ3v) is 7.42. The molecule has 2 aliphatic heterocycles. The predicted octanol–water partition coefficient (Wildman–Crippen LogP) is 1.03. The molecule has 0 spiro atoms. The summed E-state index contributed by atoms with van der Waals surface area (Å²) in [6.07, 6.45) is 1.76. The molecule has 2 aliphatic rings. The SMILES string of the molecule is CN1CCC([C@@H]2CN(S(=O)(=O)c3ccc(F)c(F)c3)C[C@H]2C(N)=O)CC1. The highest BCUT2D eigenvalue weighted by molar-refractivity contribution is 7.89. The molecular weight excluding hydrogens is 364 g/mol. The summed E-state index contributed by atoms with van der Waals surface area (Å²) in [7, 11) is -1.99. The van der Waals surface area contributed by atoms with Gasteiger partial charge in [0.2, 0.25) is 15.9 Å². The molecule has 0 aliphatic carbocycles. The van der Waals surface area contributed by atoms with Gasteiger partial charge in [0.25, 0.3) is 0 Å². The van der Waals surface area contributed by atoms with Crippen LogP contribution >= 0.6 is 0 Å². The van der Waals surface area contributed by atoms with Crippen molar-refractivity contribution in [2.24, 2.45) is 23.5 Å². The van der Waals surface area contributed by atoms with Crippen molar-refractivity contribution in [2.45, 2.75) is 17.7 Å². The molecule has 6 nitrogen and oxygen atoms in total. The molecule has 0 bridgehead atoms. The lowest BCUT2D eigenvalue weighted by molar-refractivity contribution is -0.123. The number of carbonyl (C=O) groups excluding carboxylic acids is 1. The van der Waals surface area contributed by atoms with Gasteiger partial charge in [0.05, 0.1) is 10.8 Å². The second-order valence-electron chi connectivity index (χ2n) is 7.21. The summed E-state index contributed by atoms with van der Waals surface area (Å²) in [5.41, 5.74) is 5.53. The third-order valence-electron chi connectivity index (χ3n) is 5.59. The Balaban J connectivity index is 1.84. The number of carbonyl (C=O) groups is 1. The summed E-state index contributed by atoms with van der Waals surface area (Å²) in [4.78, 5) is 13.8. The molecule has 2 heterocycles. The van der Waals surface area contributed by atoms with Crippen LogP contribution in [0.1, 0.15) is 12.8 Å². The van der Waals surface area contributed by atoms with Crippen LogP contribution in [-0.2, 0) is 14.8 Å². The number of nitrogens with two attached hydrogens (primary N) is 1. The molecule has 2 N–H and O–H groups in total. The Kier molecular flexibility index (Phi) is 5.32. The number of hydrogen-bond acceptors (Lipinski definition) is 4. The smallest absolute Gasteiger partial charge is 0.243 e. The number of piperidine rings is 1. The van der Waals surface area contributed by atoms with Crippen molar-refractivity contribution < 1.29 is 22.0 Å². The fourth-order valence-corrected chi connectivity index (χ4v) is 5.53. The number of hydrogen-bond donors (Lipinski definition) is 1. The molecule has 1 aromatic rings.